The number of carbonyl (C=O) groups excluding carboxylic acids is 1. The van der Waals surface area contributed by atoms with Gasteiger partial charge in [-0.2, -0.15) is 0 Å². The van der Waals surface area contributed by atoms with Crippen LogP contribution in [0.2, 0.25) is 0 Å². The van der Waals surface area contributed by atoms with E-state index in [1.807, 2.05) is 30.3 Å². The molecule has 2 aromatic rings. The Morgan fingerprint density at radius 2 is 1.83 bits per heavy atom. The summed E-state index contributed by atoms with van der Waals surface area (Å²) in [5.41, 5.74) is 8.33. The van der Waals surface area contributed by atoms with Crippen molar-refractivity contribution in [3.05, 3.63) is 53.6 Å². The second-order valence-corrected chi connectivity index (χ2v) is 5.20. The number of nitrogens with two attached hydrogens (primary N) is 1. The van der Waals surface area contributed by atoms with E-state index in [1.165, 1.54) is 0 Å². The Hall–Kier alpha value is -2.69. The largest absolute Gasteiger partial charge is 0.497 e. The maximum atomic E-state index is 12.1. The minimum Gasteiger partial charge on any atom is -0.497 e. The first-order valence-corrected chi connectivity index (χ1v) is 7.44. The van der Waals surface area contributed by atoms with Crippen LogP contribution >= 0.6 is 0 Å². The van der Waals surface area contributed by atoms with E-state index >= 15 is 0 Å². The number of methoxy groups -OCH3 is 2. The highest BCUT2D eigenvalue weighted by atomic mass is 16.5. The van der Waals surface area contributed by atoms with Crippen molar-refractivity contribution in [3.8, 4) is 11.5 Å². The number of nitrogen functional groups attached to an aromatic ring is 1. The third-order valence-electron chi connectivity index (χ3n) is 3.55. The van der Waals surface area contributed by atoms with Crippen LogP contribution < -0.4 is 20.5 Å². The molecule has 2 aromatic carbocycles. The summed E-state index contributed by atoms with van der Waals surface area (Å²) in [5.74, 6) is 1.34. The highest BCUT2D eigenvalue weighted by Crippen LogP contribution is 2.24. The lowest BCUT2D eigenvalue weighted by Gasteiger charge is -2.11. The second-order valence-electron chi connectivity index (χ2n) is 5.20. The summed E-state index contributed by atoms with van der Waals surface area (Å²) in [6, 6.07) is 13.1. The molecule has 23 heavy (non-hydrogen) atoms. The highest BCUT2D eigenvalue weighted by Gasteiger charge is 2.10. The summed E-state index contributed by atoms with van der Waals surface area (Å²) in [7, 11) is 3.18. The van der Waals surface area contributed by atoms with Crippen LogP contribution in [-0.2, 0) is 17.6 Å². The maximum absolute atomic E-state index is 12.1. The SMILES string of the molecule is COc1ccc(OC)c(CC(=O)NCCc2ccc(N)cc2)c1. The van der Waals surface area contributed by atoms with Crippen LogP contribution in [0, 0.1) is 0 Å². The van der Waals surface area contributed by atoms with Gasteiger partial charge in [0.1, 0.15) is 11.5 Å². The van der Waals surface area contributed by atoms with Gasteiger partial charge in [0.05, 0.1) is 20.6 Å². The van der Waals surface area contributed by atoms with Crippen molar-refractivity contribution < 1.29 is 14.3 Å². The topological polar surface area (TPSA) is 73.6 Å². The first-order valence-electron chi connectivity index (χ1n) is 7.44. The van der Waals surface area contributed by atoms with E-state index in [0.717, 1.165) is 23.2 Å². The quantitative estimate of drug-likeness (QED) is 0.768. The molecule has 0 heterocycles. The maximum Gasteiger partial charge on any atom is 0.224 e. The molecule has 1 amide bonds. The Bertz CT molecular complexity index is 654. The van der Waals surface area contributed by atoms with Crippen LogP contribution in [0.5, 0.6) is 11.5 Å². The first-order chi connectivity index (χ1) is 11.1. The average molecular weight is 314 g/mol. The smallest absolute Gasteiger partial charge is 0.224 e. The second kappa shape index (κ2) is 8.08. The molecular weight excluding hydrogens is 292 g/mol. The van der Waals surface area contributed by atoms with Crippen LogP contribution in [-0.4, -0.2) is 26.7 Å². The van der Waals surface area contributed by atoms with Crippen LogP contribution in [0.25, 0.3) is 0 Å². The lowest BCUT2D eigenvalue weighted by molar-refractivity contribution is -0.120. The van der Waals surface area contributed by atoms with Crippen molar-refractivity contribution in [2.45, 2.75) is 12.8 Å². The molecule has 0 atom stereocenters. The molecule has 5 nitrogen and oxygen atoms in total. The number of ether oxygens (including phenoxy) is 2. The Morgan fingerprint density at radius 3 is 2.48 bits per heavy atom. The summed E-state index contributed by atoms with van der Waals surface area (Å²) >= 11 is 0. The number of rotatable bonds is 7. The van der Waals surface area contributed by atoms with Crippen LogP contribution in [0.4, 0.5) is 5.69 Å². The molecule has 0 saturated heterocycles. The van der Waals surface area contributed by atoms with Gasteiger partial charge in [0.2, 0.25) is 5.91 Å². The molecule has 0 aromatic heterocycles. The summed E-state index contributed by atoms with van der Waals surface area (Å²) in [6.07, 6.45) is 1.02. The van der Waals surface area contributed by atoms with Crippen molar-refractivity contribution in [1.82, 2.24) is 5.32 Å². The normalized spacial score (nSPS) is 10.2. The van der Waals surface area contributed by atoms with Gasteiger partial charge in [0, 0.05) is 17.8 Å². The molecule has 0 fully saturated rings. The van der Waals surface area contributed by atoms with E-state index in [4.69, 9.17) is 15.2 Å². The molecule has 0 aliphatic carbocycles. The zero-order chi connectivity index (χ0) is 16.7. The lowest BCUT2D eigenvalue weighted by atomic mass is 10.1. The number of hydrogen-bond donors (Lipinski definition) is 2. The monoisotopic (exact) mass is 314 g/mol. The zero-order valence-electron chi connectivity index (χ0n) is 13.5. The van der Waals surface area contributed by atoms with Gasteiger partial charge in [-0.1, -0.05) is 12.1 Å². The molecule has 0 aliphatic heterocycles. The number of benzene rings is 2. The van der Waals surface area contributed by atoms with Crippen molar-refractivity contribution in [3.63, 3.8) is 0 Å². The molecule has 5 heteroatoms. The first kappa shape index (κ1) is 16.7. The van der Waals surface area contributed by atoms with Crippen LogP contribution in [0.15, 0.2) is 42.5 Å². The third kappa shape index (κ3) is 4.92. The molecule has 0 radical (unpaired) electrons. The number of anilines is 1. The van der Waals surface area contributed by atoms with E-state index in [2.05, 4.69) is 5.32 Å². The Labute approximate surface area is 136 Å². The summed E-state index contributed by atoms with van der Waals surface area (Å²) in [4.78, 5) is 12.1. The average Bonchev–Trinajstić information content (AvgIpc) is 2.56. The van der Waals surface area contributed by atoms with Crippen molar-refractivity contribution >= 4 is 11.6 Å². The zero-order valence-corrected chi connectivity index (χ0v) is 13.5. The van der Waals surface area contributed by atoms with Crippen molar-refractivity contribution in [2.75, 3.05) is 26.5 Å². The number of nitrogens with one attached hydrogen (secondary N) is 1. The Morgan fingerprint density at radius 1 is 1.09 bits per heavy atom. The molecular formula is C18H22N2O3. The standard InChI is InChI=1S/C18H22N2O3/c1-22-16-7-8-17(23-2)14(11-16)12-18(21)20-10-9-13-3-5-15(19)6-4-13/h3-8,11H,9-10,12,19H2,1-2H3,(H,20,21). The molecule has 0 saturated carbocycles. The van der Waals surface area contributed by atoms with Crippen molar-refractivity contribution in [2.24, 2.45) is 0 Å². The minimum absolute atomic E-state index is 0.0491. The number of amides is 1. The fraction of sp³-hybridized carbons (Fsp3) is 0.278. The van der Waals surface area contributed by atoms with Gasteiger partial charge >= 0.3 is 0 Å². The fourth-order valence-corrected chi connectivity index (χ4v) is 2.29. The van der Waals surface area contributed by atoms with Crippen LogP contribution in [0.3, 0.4) is 0 Å². The van der Waals surface area contributed by atoms with E-state index in [1.54, 1.807) is 26.4 Å². The van der Waals surface area contributed by atoms with Gasteiger partial charge in [0.15, 0.2) is 0 Å². The van der Waals surface area contributed by atoms with Gasteiger partial charge < -0.3 is 20.5 Å². The summed E-state index contributed by atoms with van der Waals surface area (Å²) in [5, 5.41) is 2.92. The lowest BCUT2D eigenvalue weighted by Crippen LogP contribution is -2.27. The Kier molecular flexibility index (Phi) is 5.86. The molecule has 0 aliphatic rings. The third-order valence-corrected chi connectivity index (χ3v) is 3.55. The van der Waals surface area contributed by atoms with E-state index in [0.29, 0.717) is 18.0 Å². The molecule has 2 rings (SSSR count). The van der Waals surface area contributed by atoms with E-state index < -0.39 is 0 Å². The number of carbonyl (C=O) groups is 1. The van der Waals surface area contributed by atoms with E-state index in [9.17, 15) is 4.79 Å². The highest BCUT2D eigenvalue weighted by molar-refractivity contribution is 5.79. The van der Waals surface area contributed by atoms with Gasteiger partial charge in [-0.15, -0.1) is 0 Å². The van der Waals surface area contributed by atoms with Gasteiger partial charge in [-0.3, -0.25) is 4.79 Å². The molecule has 3 N–H and O–H groups in total. The van der Waals surface area contributed by atoms with Gasteiger partial charge in [0.25, 0.3) is 0 Å². The fourth-order valence-electron chi connectivity index (χ4n) is 2.29. The minimum atomic E-state index is -0.0491. The summed E-state index contributed by atoms with van der Waals surface area (Å²) in [6.45, 7) is 0.578. The number of hydrogen-bond acceptors (Lipinski definition) is 4. The van der Waals surface area contributed by atoms with Crippen LogP contribution in [0.1, 0.15) is 11.1 Å². The molecule has 0 unspecified atom stereocenters. The van der Waals surface area contributed by atoms with Crippen molar-refractivity contribution in [1.29, 1.82) is 0 Å². The molecule has 122 valence electrons. The molecule has 0 spiro atoms. The predicted molar refractivity (Wildman–Crippen MR) is 90.8 cm³/mol. The predicted octanol–water partition coefficient (Wildman–Crippen LogP) is 2.19. The van der Waals surface area contributed by atoms with Gasteiger partial charge in [-0.25, -0.2) is 0 Å². The molecule has 0 bridgehead atoms. The Balaban J connectivity index is 1.88. The van der Waals surface area contributed by atoms with E-state index in [-0.39, 0.29) is 12.3 Å². The van der Waals surface area contributed by atoms with Gasteiger partial charge in [-0.05, 0) is 42.3 Å². The summed E-state index contributed by atoms with van der Waals surface area (Å²) < 4.78 is 10.5.